The second-order valence-electron chi connectivity index (χ2n) is 4.16. The number of hydrogen-bond donors (Lipinski definition) is 2. The molecule has 5 heteroatoms. The molecule has 1 fully saturated rings. The number of nitrogens with zero attached hydrogens (tertiary/aromatic N) is 1. The Balaban J connectivity index is 2.31. The molecule has 1 aliphatic rings. The zero-order valence-corrected chi connectivity index (χ0v) is 9.42. The van der Waals surface area contributed by atoms with Crippen LogP contribution in [0, 0.1) is 11.6 Å². The maximum absolute atomic E-state index is 13.6. The third-order valence-electron chi connectivity index (χ3n) is 2.98. The van der Waals surface area contributed by atoms with Gasteiger partial charge >= 0.3 is 0 Å². The minimum Gasteiger partial charge on any atom is -0.308 e. The molecule has 3 N–H and O–H groups in total. The second kappa shape index (κ2) is 5.23. The molecule has 0 spiro atoms. The average Bonchev–Trinajstić information content (AvgIpc) is 2.83. The maximum atomic E-state index is 13.6. The summed E-state index contributed by atoms with van der Waals surface area (Å²) in [4.78, 5) is 4.34. The Labute approximate surface area is 98.7 Å². The number of nitrogens with one attached hydrogen (secondary N) is 1. The fraction of sp³-hybridized carbons (Fsp3) is 0.417. The van der Waals surface area contributed by atoms with Crippen molar-refractivity contribution >= 4 is 5.84 Å². The van der Waals surface area contributed by atoms with Crippen LogP contribution >= 0.6 is 0 Å². The van der Waals surface area contributed by atoms with E-state index in [0.29, 0.717) is 0 Å². The normalized spacial score (nSPS) is 17.5. The zero-order chi connectivity index (χ0) is 12.3. The third kappa shape index (κ3) is 2.61. The van der Waals surface area contributed by atoms with Crippen molar-refractivity contribution in [3.63, 3.8) is 0 Å². The smallest absolute Gasteiger partial charge is 0.169 e. The molecular formula is C12H15F2N3. The minimum atomic E-state index is -0.915. The highest BCUT2D eigenvalue weighted by Gasteiger charge is 2.17. The molecule has 1 saturated carbocycles. The predicted octanol–water partition coefficient (Wildman–Crippen LogP) is 2.12. The Kier molecular flexibility index (Phi) is 3.68. The highest BCUT2D eigenvalue weighted by molar-refractivity contribution is 5.98. The van der Waals surface area contributed by atoms with Crippen molar-refractivity contribution in [2.24, 2.45) is 10.8 Å². The van der Waals surface area contributed by atoms with Crippen LogP contribution in [-0.2, 0) is 0 Å². The van der Waals surface area contributed by atoms with E-state index in [4.69, 9.17) is 5.84 Å². The molecule has 0 bridgehead atoms. The van der Waals surface area contributed by atoms with E-state index in [-0.39, 0.29) is 17.4 Å². The number of nitrogens with two attached hydrogens (primary N) is 1. The van der Waals surface area contributed by atoms with Gasteiger partial charge in [-0.05, 0) is 25.0 Å². The molecule has 0 aromatic heterocycles. The Hall–Kier alpha value is -1.49. The van der Waals surface area contributed by atoms with Gasteiger partial charge in [-0.2, -0.15) is 0 Å². The lowest BCUT2D eigenvalue weighted by Gasteiger charge is -2.10. The highest BCUT2D eigenvalue weighted by Crippen LogP contribution is 2.22. The molecule has 0 amide bonds. The first-order chi connectivity index (χ1) is 8.22. The van der Waals surface area contributed by atoms with Crippen molar-refractivity contribution in [2.75, 3.05) is 0 Å². The van der Waals surface area contributed by atoms with Gasteiger partial charge in [-0.25, -0.2) is 14.6 Å². The van der Waals surface area contributed by atoms with Gasteiger partial charge in [0.1, 0.15) is 5.84 Å². The molecule has 0 radical (unpaired) electrons. The van der Waals surface area contributed by atoms with Gasteiger partial charge in [0.05, 0.1) is 11.6 Å². The van der Waals surface area contributed by atoms with Crippen molar-refractivity contribution in [3.05, 3.63) is 35.4 Å². The average molecular weight is 239 g/mol. The molecule has 1 aromatic carbocycles. The lowest BCUT2D eigenvalue weighted by Crippen LogP contribution is -2.33. The standard InChI is InChI=1S/C12H15F2N3/c13-10-7-3-6-9(11(10)14)12(17-15)16-8-4-1-2-5-8/h3,6-8H,1-2,4-5,15H2,(H,16,17). The van der Waals surface area contributed by atoms with E-state index in [0.717, 1.165) is 31.7 Å². The maximum Gasteiger partial charge on any atom is 0.169 e. The Morgan fingerprint density at radius 2 is 2.00 bits per heavy atom. The lowest BCUT2D eigenvalue weighted by molar-refractivity contribution is 0.506. The van der Waals surface area contributed by atoms with E-state index in [1.54, 1.807) is 0 Å². The Morgan fingerprint density at radius 3 is 2.65 bits per heavy atom. The van der Waals surface area contributed by atoms with Crippen LogP contribution in [0.2, 0.25) is 0 Å². The van der Waals surface area contributed by atoms with Gasteiger partial charge in [-0.1, -0.05) is 18.9 Å². The van der Waals surface area contributed by atoms with E-state index in [2.05, 4.69) is 10.4 Å². The SMILES string of the molecule is NNC(=NC1CCCC1)c1cccc(F)c1F. The molecule has 1 aliphatic carbocycles. The largest absolute Gasteiger partial charge is 0.308 e. The molecule has 0 heterocycles. The number of hydrazine groups is 1. The summed E-state index contributed by atoms with van der Waals surface area (Å²) in [6.45, 7) is 0. The first-order valence-electron chi connectivity index (χ1n) is 5.71. The van der Waals surface area contributed by atoms with Gasteiger partial charge < -0.3 is 5.43 Å². The van der Waals surface area contributed by atoms with Crippen LogP contribution in [-0.4, -0.2) is 11.9 Å². The van der Waals surface area contributed by atoms with Crippen LogP contribution in [0.1, 0.15) is 31.2 Å². The molecule has 3 nitrogen and oxygen atoms in total. The summed E-state index contributed by atoms with van der Waals surface area (Å²) in [6, 6.07) is 4.13. The van der Waals surface area contributed by atoms with Crippen LogP contribution in [0.3, 0.4) is 0 Å². The van der Waals surface area contributed by atoms with Gasteiger partial charge in [0.2, 0.25) is 0 Å². The van der Waals surface area contributed by atoms with Crippen molar-refractivity contribution in [2.45, 2.75) is 31.7 Å². The molecule has 17 heavy (non-hydrogen) atoms. The summed E-state index contributed by atoms with van der Waals surface area (Å²) in [5, 5.41) is 0. The summed E-state index contributed by atoms with van der Waals surface area (Å²) in [7, 11) is 0. The van der Waals surface area contributed by atoms with Crippen LogP contribution in [0.25, 0.3) is 0 Å². The number of benzene rings is 1. The predicted molar refractivity (Wildman–Crippen MR) is 62.5 cm³/mol. The summed E-state index contributed by atoms with van der Waals surface area (Å²) in [5.41, 5.74) is 2.44. The van der Waals surface area contributed by atoms with Crippen molar-refractivity contribution < 1.29 is 8.78 Å². The lowest BCUT2D eigenvalue weighted by atomic mass is 10.1. The molecule has 2 rings (SSSR count). The molecule has 0 unspecified atom stereocenters. The van der Waals surface area contributed by atoms with Crippen LogP contribution in [0.5, 0.6) is 0 Å². The number of amidine groups is 1. The fourth-order valence-corrected chi connectivity index (χ4v) is 2.09. The van der Waals surface area contributed by atoms with Gasteiger partial charge in [-0.3, -0.25) is 4.99 Å². The summed E-state index contributed by atoms with van der Waals surface area (Å²) >= 11 is 0. The number of rotatable bonds is 2. The summed E-state index contributed by atoms with van der Waals surface area (Å²) in [5.74, 6) is 3.74. The monoisotopic (exact) mass is 239 g/mol. The molecule has 0 atom stereocenters. The van der Waals surface area contributed by atoms with Gasteiger partial charge in [0.25, 0.3) is 0 Å². The van der Waals surface area contributed by atoms with Crippen LogP contribution in [0.4, 0.5) is 8.78 Å². The first kappa shape index (κ1) is 12.0. The van der Waals surface area contributed by atoms with Gasteiger partial charge in [0.15, 0.2) is 11.6 Å². The fourth-order valence-electron chi connectivity index (χ4n) is 2.09. The van der Waals surface area contributed by atoms with E-state index in [9.17, 15) is 8.78 Å². The topological polar surface area (TPSA) is 50.4 Å². The Bertz CT molecular complexity index is 426. The quantitative estimate of drug-likeness (QED) is 0.359. The molecule has 0 aliphatic heterocycles. The Morgan fingerprint density at radius 1 is 1.29 bits per heavy atom. The summed E-state index contributed by atoms with van der Waals surface area (Å²) in [6.07, 6.45) is 4.19. The highest BCUT2D eigenvalue weighted by atomic mass is 19.2. The third-order valence-corrected chi connectivity index (χ3v) is 2.98. The number of hydrogen-bond acceptors (Lipinski definition) is 2. The van der Waals surface area contributed by atoms with Gasteiger partial charge in [-0.15, -0.1) is 0 Å². The van der Waals surface area contributed by atoms with E-state index in [1.807, 2.05) is 0 Å². The van der Waals surface area contributed by atoms with E-state index >= 15 is 0 Å². The first-order valence-corrected chi connectivity index (χ1v) is 5.71. The second-order valence-corrected chi connectivity index (χ2v) is 4.16. The molecule has 92 valence electrons. The van der Waals surface area contributed by atoms with Crippen molar-refractivity contribution in [3.8, 4) is 0 Å². The van der Waals surface area contributed by atoms with E-state index in [1.165, 1.54) is 12.1 Å². The van der Waals surface area contributed by atoms with Crippen LogP contribution in [0.15, 0.2) is 23.2 Å². The van der Waals surface area contributed by atoms with Crippen molar-refractivity contribution in [1.29, 1.82) is 0 Å². The molecular weight excluding hydrogens is 224 g/mol. The summed E-state index contributed by atoms with van der Waals surface area (Å²) < 4.78 is 26.7. The molecule has 0 saturated heterocycles. The van der Waals surface area contributed by atoms with E-state index < -0.39 is 11.6 Å². The number of halogens is 2. The van der Waals surface area contributed by atoms with Crippen molar-refractivity contribution in [1.82, 2.24) is 5.43 Å². The zero-order valence-electron chi connectivity index (χ0n) is 9.42. The minimum absolute atomic E-state index is 0.0828. The molecule has 1 aromatic rings. The number of aliphatic imine (C=N–C) groups is 1. The van der Waals surface area contributed by atoms with Gasteiger partial charge in [0, 0.05) is 0 Å². The van der Waals surface area contributed by atoms with Crippen LogP contribution < -0.4 is 11.3 Å².